The first kappa shape index (κ1) is 13.4. The van der Waals surface area contributed by atoms with E-state index in [0.29, 0.717) is 0 Å². The van der Waals surface area contributed by atoms with Gasteiger partial charge >= 0.3 is 6.18 Å². The highest BCUT2D eigenvalue weighted by atomic mass is 19.4. The molecule has 1 aliphatic heterocycles. The van der Waals surface area contributed by atoms with Crippen molar-refractivity contribution in [2.24, 2.45) is 11.8 Å². The highest BCUT2D eigenvalue weighted by molar-refractivity contribution is 4.93. The van der Waals surface area contributed by atoms with E-state index in [4.69, 9.17) is 0 Å². The summed E-state index contributed by atoms with van der Waals surface area (Å²) < 4.78 is 63.2. The summed E-state index contributed by atoms with van der Waals surface area (Å²) in [6.45, 7) is 3.99. The van der Waals surface area contributed by atoms with E-state index in [-0.39, 0.29) is 18.9 Å². The van der Waals surface area contributed by atoms with Crippen LogP contribution in [-0.2, 0) is 0 Å². The van der Waals surface area contributed by atoms with Crippen LogP contribution in [0.1, 0.15) is 13.3 Å². The molecule has 0 aromatic heterocycles. The van der Waals surface area contributed by atoms with Gasteiger partial charge in [-0.15, -0.1) is 0 Å². The van der Waals surface area contributed by atoms with E-state index in [0.717, 1.165) is 4.90 Å². The van der Waals surface area contributed by atoms with Crippen LogP contribution >= 0.6 is 0 Å². The van der Waals surface area contributed by atoms with E-state index < -0.39 is 30.8 Å². The first-order valence-corrected chi connectivity index (χ1v) is 5.01. The lowest BCUT2D eigenvalue weighted by molar-refractivity contribution is -0.195. The highest BCUT2D eigenvalue weighted by Crippen LogP contribution is 2.36. The molecule has 16 heavy (non-hydrogen) atoms. The van der Waals surface area contributed by atoms with Crippen LogP contribution in [-0.4, -0.2) is 30.5 Å². The van der Waals surface area contributed by atoms with Crippen molar-refractivity contribution in [2.45, 2.75) is 25.8 Å². The average Bonchev–Trinajstić information content (AvgIpc) is 2.14. The molecule has 1 aliphatic rings. The molecule has 3 unspecified atom stereocenters. The molecule has 1 saturated heterocycles. The minimum Gasteiger partial charge on any atom is -0.267 e. The van der Waals surface area contributed by atoms with Crippen molar-refractivity contribution < 1.29 is 22.0 Å². The summed E-state index contributed by atoms with van der Waals surface area (Å²) in [6, 6.07) is 0. The molecule has 0 amide bonds. The molecule has 3 atom stereocenters. The Morgan fingerprint density at radius 2 is 1.94 bits per heavy atom. The van der Waals surface area contributed by atoms with Crippen LogP contribution in [0.15, 0.2) is 12.4 Å². The lowest BCUT2D eigenvalue weighted by Crippen LogP contribution is -2.48. The first-order chi connectivity index (χ1) is 7.21. The molecule has 94 valence electrons. The van der Waals surface area contributed by atoms with Crippen LogP contribution in [0, 0.1) is 11.8 Å². The Hall–Kier alpha value is -0.650. The molecule has 0 saturated carbocycles. The zero-order valence-corrected chi connectivity index (χ0v) is 8.90. The lowest BCUT2D eigenvalue weighted by atomic mass is 9.90. The average molecular weight is 243 g/mol. The Morgan fingerprint density at radius 1 is 1.38 bits per heavy atom. The van der Waals surface area contributed by atoms with Crippen LogP contribution in [0.4, 0.5) is 22.0 Å². The van der Waals surface area contributed by atoms with Gasteiger partial charge in [0.05, 0.1) is 5.92 Å². The largest absolute Gasteiger partial charge is 0.393 e. The van der Waals surface area contributed by atoms with Crippen molar-refractivity contribution >= 4 is 0 Å². The van der Waals surface area contributed by atoms with Gasteiger partial charge < -0.3 is 0 Å². The summed E-state index contributed by atoms with van der Waals surface area (Å²) in [6.07, 6.45) is -6.52. The van der Waals surface area contributed by atoms with Crippen LogP contribution in [0.3, 0.4) is 0 Å². The number of halogens is 5. The monoisotopic (exact) mass is 243 g/mol. The maximum absolute atomic E-state index is 13.2. The molecule has 6 heteroatoms. The molecule has 0 aromatic rings. The van der Waals surface area contributed by atoms with Gasteiger partial charge in [-0.25, -0.2) is 8.78 Å². The molecular formula is C10H14F5N. The number of alkyl halides is 4. The van der Waals surface area contributed by atoms with E-state index in [1.807, 2.05) is 0 Å². The zero-order chi connectivity index (χ0) is 12.5. The van der Waals surface area contributed by atoms with Gasteiger partial charge in [-0.05, 0) is 12.3 Å². The first-order valence-electron chi connectivity index (χ1n) is 5.01. The van der Waals surface area contributed by atoms with Crippen LogP contribution in [0.5, 0.6) is 0 Å². The van der Waals surface area contributed by atoms with Gasteiger partial charge in [0.15, 0.2) is 0 Å². The Bertz CT molecular complexity index is 262. The summed E-state index contributed by atoms with van der Waals surface area (Å²) in [7, 11) is 0. The van der Waals surface area contributed by atoms with Crippen LogP contribution in [0.25, 0.3) is 0 Å². The molecule has 1 fully saturated rings. The summed E-state index contributed by atoms with van der Waals surface area (Å²) in [5.74, 6) is -3.14. The number of hydrogen-bond donors (Lipinski definition) is 0. The topological polar surface area (TPSA) is 3.24 Å². The Kier molecular flexibility index (Phi) is 3.93. The van der Waals surface area contributed by atoms with E-state index in [1.165, 1.54) is 0 Å². The number of hydrogen-bond acceptors (Lipinski definition) is 1. The maximum Gasteiger partial charge on any atom is 0.393 e. The normalized spacial score (nSPS) is 30.1. The van der Waals surface area contributed by atoms with Gasteiger partial charge in [0.2, 0.25) is 6.30 Å². The highest BCUT2D eigenvalue weighted by Gasteiger charge is 2.45. The van der Waals surface area contributed by atoms with Gasteiger partial charge in [0, 0.05) is 13.1 Å². The Morgan fingerprint density at radius 3 is 2.38 bits per heavy atom. The second-order valence-corrected chi connectivity index (χ2v) is 4.32. The van der Waals surface area contributed by atoms with Crippen LogP contribution < -0.4 is 0 Å². The minimum atomic E-state index is -4.36. The maximum atomic E-state index is 13.2. The molecule has 1 nitrogen and oxygen atoms in total. The molecule has 0 aromatic carbocycles. The Balaban J connectivity index is 2.72. The van der Waals surface area contributed by atoms with Crippen LogP contribution in [0.2, 0.25) is 0 Å². The third kappa shape index (κ3) is 3.17. The van der Waals surface area contributed by atoms with E-state index >= 15 is 0 Å². The summed E-state index contributed by atoms with van der Waals surface area (Å²) in [5.41, 5.74) is 0. The number of nitrogens with zero attached hydrogens (tertiary/aromatic N) is 1. The molecule has 0 spiro atoms. The van der Waals surface area contributed by atoms with Crippen molar-refractivity contribution in [3.8, 4) is 0 Å². The fraction of sp³-hybridized carbons (Fsp3) is 0.800. The minimum absolute atomic E-state index is 0.0362. The summed E-state index contributed by atoms with van der Waals surface area (Å²) in [5, 5.41) is 0. The van der Waals surface area contributed by atoms with Gasteiger partial charge in [-0.2, -0.15) is 13.2 Å². The smallest absolute Gasteiger partial charge is 0.267 e. The van der Waals surface area contributed by atoms with Gasteiger partial charge in [-0.1, -0.05) is 13.5 Å². The SMILES string of the molecule is C=C(F)C(F)N1CC(C)CC(C(F)(F)F)C1. The fourth-order valence-corrected chi connectivity index (χ4v) is 2.01. The fourth-order valence-electron chi connectivity index (χ4n) is 2.01. The summed E-state index contributed by atoms with van der Waals surface area (Å²) >= 11 is 0. The molecule has 0 radical (unpaired) electrons. The van der Waals surface area contributed by atoms with Gasteiger partial charge in [0.1, 0.15) is 5.83 Å². The standard InChI is InChI=1S/C10H14F5N/c1-6-3-8(10(13,14)15)5-16(4-6)9(12)7(2)11/h6,8-9H,2-5H2,1H3. The predicted molar refractivity (Wildman–Crippen MR) is 50.0 cm³/mol. The third-order valence-electron chi connectivity index (χ3n) is 2.73. The third-order valence-corrected chi connectivity index (χ3v) is 2.73. The van der Waals surface area contributed by atoms with Crippen molar-refractivity contribution in [3.63, 3.8) is 0 Å². The molecule has 0 bridgehead atoms. The Labute approximate surface area is 90.9 Å². The van der Waals surface area contributed by atoms with E-state index in [9.17, 15) is 22.0 Å². The molecule has 1 rings (SSSR count). The molecule has 0 N–H and O–H groups in total. The van der Waals surface area contributed by atoms with Crippen molar-refractivity contribution in [2.75, 3.05) is 13.1 Å². The van der Waals surface area contributed by atoms with Crippen molar-refractivity contribution in [3.05, 3.63) is 12.4 Å². The quantitative estimate of drug-likeness (QED) is 0.531. The second-order valence-electron chi connectivity index (χ2n) is 4.32. The lowest BCUT2D eigenvalue weighted by Gasteiger charge is -2.38. The van der Waals surface area contributed by atoms with Gasteiger partial charge in [-0.3, -0.25) is 4.90 Å². The van der Waals surface area contributed by atoms with E-state index in [1.54, 1.807) is 6.92 Å². The zero-order valence-electron chi connectivity index (χ0n) is 8.90. The number of rotatable bonds is 2. The molecule has 0 aliphatic carbocycles. The number of piperidine rings is 1. The van der Waals surface area contributed by atoms with Crippen molar-refractivity contribution in [1.82, 2.24) is 4.90 Å². The second kappa shape index (κ2) is 4.69. The van der Waals surface area contributed by atoms with Gasteiger partial charge in [0.25, 0.3) is 0 Å². The number of likely N-dealkylation sites (tertiary alicyclic amines) is 1. The summed E-state index contributed by atoms with van der Waals surface area (Å²) in [4.78, 5) is 0.856. The molecular weight excluding hydrogens is 229 g/mol. The van der Waals surface area contributed by atoms with Crippen molar-refractivity contribution in [1.29, 1.82) is 0 Å². The molecule has 1 heterocycles. The predicted octanol–water partition coefficient (Wildman–Crippen LogP) is 3.29. The van der Waals surface area contributed by atoms with E-state index in [2.05, 4.69) is 6.58 Å².